The van der Waals surface area contributed by atoms with Gasteiger partial charge in [-0.2, -0.15) is 0 Å². The second kappa shape index (κ2) is 10.4. The number of benzene rings is 2. The fraction of sp³-hybridized carbons (Fsp3) is 0.348. The zero-order valence-electron chi connectivity index (χ0n) is 17.1. The molecule has 158 valence electrons. The van der Waals surface area contributed by atoms with E-state index in [0.29, 0.717) is 43.9 Å². The van der Waals surface area contributed by atoms with Crippen LogP contribution >= 0.6 is 0 Å². The molecular weight excluding hydrogens is 382 g/mol. The lowest BCUT2D eigenvalue weighted by Crippen LogP contribution is -2.45. The van der Waals surface area contributed by atoms with Crippen LogP contribution in [0.15, 0.2) is 54.6 Å². The lowest BCUT2D eigenvalue weighted by atomic mass is 9.95. The Morgan fingerprint density at radius 3 is 2.37 bits per heavy atom. The van der Waals surface area contributed by atoms with Gasteiger partial charge >= 0.3 is 0 Å². The predicted octanol–water partition coefficient (Wildman–Crippen LogP) is 2.69. The van der Waals surface area contributed by atoms with E-state index in [1.807, 2.05) is 37.3 Å². The molecule has 0 bridgehead atoms. The van der Waals surface area contributed by atoms with Gasteiger partial charge in [0.05, 0.1) is 18.7 Å². The number of hydrogen-bond donors (Lipinski definition) is 2. The summed E-state index contributed by atoms with van der Waals surface area (Å²) in [6, 6.07) is 16.3. The molecule has 1 fully saturated rings. The van der Waals surface area contributed by atoms with Crippen LogP contribution in [0.25, 0.3) is 0 Å². The van der Waals surface area contributed by atoms with Gasteiger partial charge in [-0.25, -0.2) is 0 Å². The van der Waals surface area contributed by atoms with Gasteiger partial charge in [-0.15, -0.1) is 0 Å². The molecule has 1 heterocycles. The number of piperidine rings is 1. The quantitative estimate of drug-likeness (QED) is 0.736. The molecule has 0 atom stereocenters. The Labute approximate surface area is 176 Å². The summed E-state index contributed by atoms with van der Waals surface area (Å²) in [4.78, 5) is 39.0. The molecule has 1 aliphatic heterocycles. The van der Waals surface area contributed by atoms with Crippen LogP contribution in [0.5, 0.6) is 5.75 Å². The standard InChI is InChI=1S/C23H27N3O4/c1-2-30-20-11-7-6-10-19(20)23(29)24-16-21(27)26-14-12-17(13-15-26)22(28)25-18-8-4-3-5-9-18/h3-11,17H,2,12-16H2,1H3,(H,24,29)(H,25,28). The summed E-state index contributed by atoms with van der Waals surface area (Å²) in [5, 5.41) is 5.59. The third kappa shape index (κ3) is 5.59. The number of carbonyl (C=O) groups excluding carboxylic acids is 3. The van der Waals surface area contributed by atoms with E-state index in [0.717, 1.165) is 5.69 Å². The van der Waals surface area contributed by atoms with Crippen LogP contribution in [-0.2, 0) is 9.59 Å². The molecule has 3 rings (SSSR count). The van der Waals surface area contributed by atoms with Gasteiger partial charge in [-0.05, 0) is 44.0 Å². The van der Waals surface area contributed by atoms with Crippen LogP contribution in [0.3, 0.4) is 0 Å². The van der Waals surface area contributed by atoms with Crippen molar-refractivity contribution in [3.05, 3.63) is 60.2 Å². The Hall–Kier alpha value is -3.35. The Kier molecular flexibility index (Phi) is 7.43. The third-order valence-electron chi connectivity index (χ3n) is 5.09. The maximum atomic E-state index is 12.5. The monoisotopic (exact) mass is 409 g/mol. The summed E-state index contributed by atoms with van der Waals surface area (Å²) in [5.74, 6) is -0.144. The van der Waals surface area contributed by atoms with Crippen molar-refractivity contribution < 1.29 is 19.1 Å². The molecule has 7 nitrogen and oxygen atoms in total. The summed E-state index contributed by atoms with van der Waals surface area (Å²) in [5.41, 5.74) is 1.18. The first-order chi connectivity index (χ1) is 14.6. The molecule has 0 unspecified atom stereocenters. The number of rotatable bonds is 7. The molecule has 0 radical (unpaired) electrons. The normalized spacial score (nSPS) is 14.1. The topological polar surface area (TPSA) is 87.7 Å². The summed E-state index contributed by atoms with van der Waals surface area (Å²) in [6.45, 7) is 3.21. The van der Waals surface area contributed by atoms with E-state index in [-0.39, 0.29) is 30.2 Å². The summed E-state index contributed by atoms with van der Waals surface area (Å²) in [6.07, 6.45) is 1.21. The van der Waals surface area contributed by atoms with Crippen LogP contribution in [0.4, 0.5) is 5.69 Å². The zero-order chi connectivity index (χ0) is 21.3. The number of nitrogens with one attached hydrogen (secondary N) is 2. The van der Waals surface area contributed by atoms with Crippen molar-refractivity contribution in [2.45, 2.75) is 19.8 Å². The van der Waals surface area contributed by atoms with E-state index in [2.05, 4.69) is 10.6 Å². The Balaban J connectivity index is 1.45. The number of anilines is 1. The van der Waals surface area contributed by atoms with E-state index < -0.39 is 0 Å². The van der Waals surface area contributed by atoms with E-state index in [4.69, 9.17) is 4.74 Å². The molecule has 1 saturated heterocycles. The minimum absolute atomic E-state index is 0.0193. The smallest absolute Gasteiger partial charge is 0.255 e. The first-order valence-corrected chi connectivity index (χ1v) is 10.2. The molecule has 2 aromatic carbocycles. The van der Waals surface area contributed by atoms with E-state index in [1.165, 1.54) is 0 Å². The van der Waals surface area contributed by atoms with Crippen LogP contribution in [0.2, 0.25) is 0 Å². The van der Waals surface area contributed by atoms with E-state index in [1.54, 1.807) is 29.2 Å². The highest BCUT2D eigenvalue weighted by molar-refractivity contribution is 5.98. The molecule has 0 spiro atoms. The van der Waals surface area contributed by atoms with Crippen molar-refractivity contribution in [1.82, 2.24) is 10.2 Å². The van der Waals surface area contributed by atoms with Crippen LogP contribution in [0, 0.1) is 5.92 Å². The average Bonchev–Trinajstić information content (AvgIpc) is 2.78. The van der Waals surface area contributed by atoms with Gasteiger partial charge in [0.25, 0.3) is 5.91 Å². The minimum Gasteiger partial charge on any atom is -0.493 e. The van der Waals surface area contributed by atoms with Gasteiger partial charge < -0.3 is 20.3 Å². The molecule has 1 aliphatic rings. The predicted molar refractivity (Wildman–Crippen MR) is 114 cm³/mol. The largest absolute Gasteiger partial charge is 0.493 e. The number of amides is 3. The number of carbonyl (C=O) groups is 3. The highest BCUT2D eigenvalue weighted by atomic mass is 16.5. The molecule has 30 heavy (non-hydrogen) atoms. The van der Waals surface area contributed by atoms with Gasteiger partial charge in [0.1, 0.15) is 5.75 Å². The maximum absolute atomic E-state index is 12.5. The van der Waals surface area contributed by atoms with Crippen molar-refractivity contribution in [2.75, 3.05) is 31.6 Å². The SMILES string of the molecule is CCOc1ccccc1C(=O)NCC(=O)N1CCC(C(=O)Nc2ccccc2)CC1. The second-order valence-electron chi connectivity index (χ2n) is 7.12. The molecule has 2 aromatic rings. The van der Waals surface area contributed by atoms with Gasteiger partial charge in [0.15, 0.2) is 0 Å². The number of likely N-dealkylation sites (tertiary alicyclic amines) is 1. The molecule has 0 aliphatic carbocycles. The van der Waals surface area contributed by atoms with Gasteiger partial charge in [-0.3, -0.25) is 14.4 Å². The number of ether oxygens (including phenoxy) is 1. The van der Waals surface area contributed by atoms with Gasteiger partial charge in [0, 0.05) is 24.7 Å². The lowest BCUT2D eigenvalue weighted by Gasteiger charge is -2.31. The Bertz CT molecular complexity index is 877. The third-order valence-corrected chi connectivity index (χ3v) is 5.09. The van der Waals surface area contributed by atoms with Crippen molar-refractivity contribution in [3.63, 3.8) is 0 Å². The molecule has 0 saturated carbocycles. The van der Waals surface area contributed by atoms with Crippen LogP contribution < -0.4 is 15.4 Å². The number of para-hydroxylation sites is 2. The molecular formula is C23H27N3O4. The van der Waals surface area contributed by atoms with E-state index >= 15 is 0 Å². The summed E-state index contributed by atoms with van der Waals surface area (Å²) < 4.78 is 5.46. The highest BCUT2D eigenvalue weighted by Gasteiger charge is 2.27. The van der Waals surface area contributed by atoms with Gasteiger partial charge in [-0.1, -0.05) is 30.3 Å². The summed E-state index contributed by atoms with van der Waals surface area (Å²) in [7, 11) is 0. The molecule has 2 N–H and O–H groups in total. The van der Waals surface area contributed by atoms with Crippen LogP contribution in [0.1, 0.15) is 30.1 Å². The zero-order valence-corrected chi connectivity index (χ0v) is 17.1. The number of nitrogens with zero attached hydrogens (tertiary/aromatic N) is 1. The Morgan fingerprint density at radius 1 is 1.00 bits per heavy atom. The van der Waals surface area contributed by atoms with Crippen molar-refractivity contribution >= 4 is 23.4 Å². The maximum Gasteiger partial charge on any atom is 0.255 e. The number of hydrogen-bond acceptors (Lipinski definition) is 4. The first-order valence-electron chi connectivity index (χ1n) is 10.2. The fourth-order valence-corrected chi connectivity index (χ4v) is 3.46. The van der Waals surface area contributed by atoms with Gasteiger partial charge in [0.2, 0.25) is 11.8 Å². The highest BCUT2D eigenvalue weighted by Crippen LogP contribution is 2.20. The molecule has 0 aromatic heterocycles. The van der Waals surface area contributed by atoms with Crippen LogP contribution in [-0.4, -0.2) is 48.9 Å². The molecule has 7 heteroatoms. The van der Waals surface area contributed by atoms with Crippen molar-refractivity contribution in [2.24, 2.45) is 5.92 Å². The fourth-order valence-electron chi connectivity index (χ4n) is 3.46. The second-order valence-corrected chi connectivity index (χ2v) is 7.12. The van der Waals surface area contributed by atoms with Crippen molar-refractivity contribution in [1.29, 1.82) is 0 Å². The minimum atomic E-state index is -0.343. The Morgan fingerprint density at radius 2 is 1.67 bits per heavy atom. The average molecular weight is 409 g/mol. The van der Waals surface area contributed by atoms with Crippen molar-refractivity contribution in [3.8, 4) is 5.75 Å². The lowest BCUT2D eigenvalue weighted by molar-refractivity contribution is -0.133. The van der Waals surface area contributed by atoms with E-state index in [9.17, 15) is 14.4 Å². The molecule has 3 amide bonds. The summed E-state index contributed by atoms with van der Waals surface area (Å²) >= 11 is 0. The first kappa shape index (κ1) is 21.4.